The lowest BCUT2D eigenvalue weighted by molar-refractivity contribution is 0.192. The molecule has 2 fully saturated rings. The molecule has 2 unspecified atom stereocenters. The molecule has 3 heterocycles. The first kappa shape index (κ1) is 12.8. The van der Waals surface area contributed by atoms with Gasteiger partial charge in [0.05, 0.1) is 12.5 Å². The van der Waals surface area contributed by atoms with Crippen LogP contribution in [0.4, 0.5) is 0 Å². The largest absolute Gasteiger partial charge is 0.381 e. The average molecular weight is 260 g/mol. The van der Waals surface area contributed by atoms with Gasteiger partial charge in [-0.2, -0.15) is 4.98 Å². The Kier molecular flexibility index (Phi) is 4.36. The second-order valence-electron chi connectivity index (χ2n) is 4.59. The second kappa shape index (κ2) is 5.80. The van der Waals surface area contributed by atoms with Crippen LogP contribution in [-0.4, -0.2) is 36.4 Å². The number of hydrogen-bond donors (Lipinski definition) is 1. The zero-order chi connectivity index (χ0) is 10.8. The van der Waals surface area contributed by atoms with Crippen molar-refractivity contribution in [3.05, 3.63) is 11.7 Å². The van der Waals surface area contributed by atoms with Crippen LogP contribution in [0.3, 0.4) is 0 Å². The van der Waals surface area contributed by atoms with Crippen LogP contribution >= 0.6 is 12.4 Å². The van der Waals surface area contributed by atoms with E-state index in [1.165, 1.54) is 6.42 Å². The van der Waals surface area contributed by atoms with Crippen LogP contribution in [0.2, 0.25) is 0 Å². The van der Waals surface area contributed by atoms with Crippen molar-refractivity contribution in [1.29, 1.82) is 0 Å². The molecule has 0 aromatic carbocycles. The maximum absolute atomic E-state index is 5.36. The number of nitrogens with zero attached hydrogens (tertiary/aromatic N) is 2. The Hall–Kier alpha value is -0.650. The Labute approximate surface area is 107 Å². The number of aromatic nitrogens is 2. The predicted octanol–water partition coefficient (Wildman–Crippen LogP) is 1.46. The molecule has 0 aliphatic carbocycles. The van der Waals surface area contributed by atoms with Crippen LogP contribution < -0.4 is 5.32 Å². The number of nitrogens with one attached hydrogen (secondary N) is 1. The third-order valence-electron chi connectivity index (χ3n) is 3.40. The van der Waals surface area contributed by atoms with Crippen LogP contribution in [-0.2, 0) is 4.74 Å². The molecule has 0 amide bonds. The van der Waals surface area contributed by atoms with Gasteiger partial charge in [-0.1, -0.05) is 5.16 Å². The summed E-state index contributed by atoms with van der Waals surface area (Å²) in [7, 11) is 0. The van der Waals surface area contributed by atoms with E-state index in [1.54, 1.807) is 0 Å². The van der Waals surface area contributed by atoms with Gasteiger partial charge in [0.2, 0.25) is 5.89 Å². The molecular formula is C11H18ClN3O2. The van der Waals surface area contributed by atoms with Crippen molar-refractivity contribution in [2.45, 2.75) is 31.1 Å². The van der Waals surface area contributed by atoms with Crippen molar-refractivity contribution in [1.82, 2.24) is 15.5 Å². The number of rotatable bonds is 2. The summed E-state index contributed by atoms with van der Waals surface area (Å²) in [4.78, 5) is 4.52. The van der Waals surface area contributed by atoms with Gasteiger partial charge >= 0.3 is 0 Å². The van der Waals surface area contributed by atoms with Crippen molar-refractivity contribution in [2.24, 2.45) is 0 Å². The quantitative estimate of drug-likeness (QED) is 0.871. The van der Waals surface area contributed by atoms with Gasteiger partial charge in [0, 0.05) is 19.1 Å². The lowest BCUT2D eigenvalue weighted by Gasteiger charge is -2.18. The Morgan fingerprint density at radius 2 is 2.18 bits per heavy atom. The highest BCUT2D eigenvalue weighted by Gasteiger charge is 2.26. The lowest BCUT2D eigenvalue weighted by Crippen LogP contribution is -2.28. The van der Waals surface area contributed by atoms with Crippen LogP contribution in [0.1, 0.15) is 42.8 Å². The minimum atomic E-state index is 0. The molecule has 2 atom stereocenters. The molecule has 2 aliphatic heterocycles. The summed E-state index contributed by atoms with van der Waals surface area (Å²) in [5, 5.41) is 7.44. The van der Waals surface area contributed by atoms with E-state index in [2.05, 4.69) is 15.5 Å². The summed E-state index contributed by atoms with van der Waals surface area (Å²) in [6.07, 6.45) is 3.35. The fourth-order valence-corrected chi connectivity index (χ4v) is 2.38. The molecule has 96 valence electrons. The third kappa shape index (κ3) is 2.78. The van der Waals surface area contributed by atoms with E-state index in [0.29, 0.717) is 11.8 Å². The number of ether oxygens (including phenoxy) is 1. The van der Waals surface area contributed by atoms with Crippen LogP contribution in [0.15, 0.2) is 4.52 Å². The molecule has 0 saturated carbocycles. The van der Waals surface area contributed by atoms with Gasteiger partial charge in [-0.25, -0.2) is 0 Å². The zero-order valence-corrected chi connectivity index (χ0v) is 10.5. The third-order valence-corrected chi connectivity index (χ3v) is 3.40. The first-order valence-electron chi connectivity index (χ1n) is 6.05. The van der Waals surface area contributed by atoms with Crippen molar-refractivity contribution in [3.8, 4) is 0 Å². The highest BCUT2D eigenvalue weighted by Crippen LogP contribution is 2.26. The summed E-state index contributed by atoms with van der Waals surface area (Å²) in [6, 6.07) is 0. The molecule has 0 bridgehead atoms. The molecular weight excluding hydrogens is 242 g/mol. The highest BCUT2D eigenvalue weighted by molar-refractivity contribution is 5.85. The molecule has 1 aromatic heterocycles. The van der Waals surface area contributed by atoms with Gasteiger partial charge in [0.25, 0.3) is 0 Å². The Morgan fingerprint density at radius 1 is 1.24 bits per heavy atom. The van der Waals surface area contributed by atoms with Gasteiger partial charge in [0.1, 0.15) is 0 Å². The summed E-state index contributed by atoms with van der Waals surface area (Å²) in [6.45, 7) is 3.62. The van der Waals surface area contributed by atoms with Gasteiger partial charge in [0.15, 0.2) is 5.82 Å². The normalized spacial score (nSPS) is 28.9. The fraction of sp³-hybridized carbons (Fsp3) is 0.818. The molecule has 1 N–H and O–H groups in total. The van der Waals surface area contributed by atoms with E-state index in [4.69, 9.17) is 9.26 Å². The van der Waals surface area contributed by atoms with Crippen LogP contribution in [0, 0.1) is 0 Å². The van der Waals surface area contributed by atoms with E-state index in [9.17, 15) is 0 Å². The maximum atomic E-state index is 5.36. The van der Waals surface area contributed by atoms with Crippen LogP contribution in [0.5, 0.6) is 0 Å². The standard InChI is InChI=1S/C11H17N3O2.ClH/c1-2-8(6-12-4-1)11-13-10(14-16-11)9-3-5-15-7-9;/h8-9,12H,1-7H2;1H. The van der Waals surface area contributed by atoms with Crippen LogP contribution in [0.25, 0.3) is 0 Å². The summed E-state index contributed by atoms with van der Waals surface area (Å²) in [5.74, 6) is 2.37. The van der Waals surface area contributed by atoms with Crippen molar-refractivity contribution < 1.29 is 9.26 Å². The first-order chi connectivity index (χ1) is 7.93. The van der Waals surface area contributed by atoms with E-state index in [-0.39, 0.29) is 12.4 Å². The lowest BCUT2D eigenvalue weighted by atomic mass is 10.00. The molecule has 1 aromatic rings. The first-order valence-corrected chi connectivity index (χ1v) is 6.05. The van der Waals surface area contributed by atoms with E-state index < -0.39 is 0 Å². The summed E-state index contributed by atoms with van der Waals surface area (Å²) in [5.41, 5.74) is 0. The van der Waals surface area contributed by atoms with Gasteiger partial charge in [-0.15, -0.1) is 12.4 Å². The summed E-state index contributed by atoms with van der Waals surface area (Å²) >= 11 is 0. The van der Waals surface area contributed by atoms with E-state index >= 15 is 0 Å². The number of piperidine rings is 1. The van der Waals surface area contributed by atoms with Gasteiger partial charge < -0.3 is 14.6 Å². The molecule has 2 saturated heterocycles. The molecule has 3 rings (SSSR count). The van der Waals surface area contributed by atoms with Gasteiger partial charge in [-0.3, -0.25) is 0 Å². The van der Waals surface area contributed by atoms with Gasteiger partial charge in [-0.05, 0) is 25.8 Å². The molecule has 6 heteroatoms. The SMILES string of the molecule is C1CNCC(c2nc(C3CCOC3)no2)C1.Cl. The minimum absolute atomic E-state index is 0. The second-order valence-corrected chi connectivity index (χ2v) is 4.59. The van der Waals surface area contributed by atoms with Crippen molar-refractivity contribution in [2.75, 3.05) is 26.3 Å². The zero-order valence-electron chi connectivity index (χ0n) is 9.72. The molecule has 5 nitrogen and oxygen atoms in total. The Balaban J connectivity index is 0.00000108. The van der Waals surface area contributed by atoms with Crippen molar-refractivity contribution >= 4 is 12.4 Å². The topological polar surface area (TPSA) is 60.2 Å². The number of hydrogen-bond acceptors (Lipinski definition) is 5. The predicted molar refractivity (Wildman–Crippen MR) is 64.6 cm³/mol. The Morgan fingerprint density at radius 3 is 2.88 bits per heavy atom. The average Bonchev–Trinajstić information content (AvgIpc) is 3.01. The summed E-state index contributed by atoms with van der Waals surface area (Å²) < 4.78 is 10.7. The fourth-order valence-electron chi connectivity index (χ4n) is 2.38. The molecule has 2 aliphatic rings. The molecule has 0 radical (unpaired) electrons. The smallest absolute Gasteiger partial charge is 0.231 e. The van der Waals surface area contributed by atoms with E-state index in [0.717, 1.165) is 50.9 Å². The monoisotopic (exact) mass is 259 g/mol. The Bertz CT molecular complexity index is 346. The maximum Gasteiger partial charge on any atom is 0.231 e. The number of halogens is 1. The molecule has 17 heavy (non-hydrogen) atoms. The minimum Gasteiger partial charge on any atom is -0.381 e. The van der Waals surface area contributed by atoms with Crippen molar-refractivity contribution in [3.63, 3.8) is 0 Å². The molecule has 0 spiro atoms. The highest BCUT2D eigenvalue weighted by atomic mass is 35.5. The van der Waals surface area contributed by atoms with E-state index in [1.807, 2.05) is 0 Å².